The number of allylic oxidation sites excluding steroid dienone is 1. The summed E-state index contributed by atoms with van der Waals surface area (Å²) >= 11 is 0. The summed E-state index contributed by atoms with van der Waals surface area (Å²) < 4.78 is 4.73. The van der Waals surface area contributed by atoms with Crippen LogP contribution in [0.2, 0.25) is 0 Å². The van der Waals surface area contributed by atoms with Crippen molar-refractivity contribution in [2.24, 2.45) is 0 Å². The summed E-state index contributed by atoms with van der Waals surface area (Å²) in [6.45, 7) is 1.55. The average molecular weight is 258 g/mol. The van der Waals surface area contributed by atoms with Gasteiger partial charge in [-0.1, -0.05) is 13.0 Å². The van der Waals surface area contributed by atoms with Crippen LogP contribution in [0.3, 0.4) is 0 Å². The zero-order chi connectivity index (χ0) is 14.1. The highest BCUT2D eigenvalue weighted by atomic mass is 16.5. The fourth-order valence-corrected chi connectivity index (χ4v) is 1.22. The predicted octanol–water partition coefficient (Wildman–Crippen LogP) is 2.01. The molecule has 0 heterocycles. The molecule has 0 atom stereocenters. The standard InChI is InChI=1S/C14H14N2O3/c1-2-3-4-14(18)19-10-13(17)16-12-7-5-11(9-15)6-8-12/h3-8H,2,10H2,1H3,(H,16,17)/b4-3+. The number of amides is 1. The summed E-state index contributed by atoms with van der Waals surface area (Å²) in [4.78, 5) is 22.6. The number of hydrogen-bond donors (Lipinski definition) is 1. The van der Waals surface area contributed by atoms with Crippen molar-refractivity contribution in [3.05, 3.63) is 42.0 Å². The third-order valence-electron chi connectivity index (χ3n) is 2.13. The molecule has 0 bridgehead atoms. The Labute approximate surface area is 111 Å². The van der Waals surface area contributed by atoms with Gasteiger partial charge in [-0.25, -0.2) is 4.79 Å². The molecule has 0 aromatic heterocycles. The summed E-state index contributed by atoms with van der Waals surface area (Å²) in [5.41, 5.74) is 1.05. The maximum Gasteiger partial charge on any atom is 0.330 e. The predicted molar refractivity (Wildman–Crippen MR) is 70.2 cm³/mol. The Hall–Kier alpha value is -2.61. The number of esters is 1. The third kappa shape index (κ3) is 5.50. The quantitative estimate of drug-likeness (QED) is 0.647. The van der Waals surface area contributed by atoms with Crippen LogP contribution in [0.4, 0.5) is 5.69 Å². The first kappa shape index (κ1) is 14.5. The topological polar surface area (TPSA) is 79.2 Å². The Kier molecular flexibility index (Phi) is 5.83. The number of anilines is 1. The van der Waals surface area contributed by atoms with Crippen LogP contribution in [0.5, 0.6) is 0 Å². The van der Waals surface area contributed by atoms with Gasteiger partial charge in [-0.05, 0) is 30.7 Å². The van der Waals surface area contributed by atoms with Crippen molar-refractivity contribution in [1.29, 1.82) is 5.26 Å². The summed E-state index contributed by atoms with van der Waals surface area (Å²) in [5.74, 6) is -0.972. The molecule has 5 heteroatoms. The van der Waals surface area contributed by atoms with Crippen LogP contribution in [0.25, 0.3) is 0 Å². The van der Waals surface area contributed by atoms with Crippen molar-refractivity contribution >= 4 is 17.6 Å². The molecule has 0 aliphatic rings. The minimum absolute atomic E-state index is 0.340. The molecule has 1 amide bonds. The third-order valence-corrected chi connectivity index (χ3v) is 2.13. The van der Waals surface area contributed by atoms with Crippen molar-refractivity contribution in [2.75, 3.05) is 11.9 Å². The number of benzene rings is 1. The van der Waals surface area contributed by atoms with Crippen LogP contribution in [-0.2, 0) is 14.3 Å². The summed E-state index contributed by atoms with van der Waals surface area (Å²) in [6.07, 6.45) is 3.67. The van der Waals surface area contributed by atoms with E-state index in [0.717, 1.165) is 6.42 Å². The van der Waals surface area contributed by atoms with Gasteiger partial charge in [0.25, 0.3) is 5.91 Å². The smallest absolute Gasteiger partial charge is 0.330 e. The van der Waals surface area contributed by atoms with Gasteiger partial charge in [0.15, 0.2) is 6.61 Å². The second kappa shape index (κ2) is 7.67. The molecule has 0 radical (unpaired) electrons. The molecule has 19 heavy (non-hydrogen) atoms. The second-order valence-corrected chi connectivity index (χ2v) is 3.66. The first-order chi connectivity index (χ1) is 9.15. The highest BCUT2D eigenvalue weighted by Crippen LogP contribution is 2.08. The zero-order valence-corrected chi connectivity index (χ0v) is 10.6. The van der Waals surface area contributed by atoms with Crippen LogP contribution in [0.1, 0.15) is 18.9 Å². The summed E-state index contributed by atoms with van der Waals surface area (Å²) in [7, 11) is 0. The number of carbonyl (C=O) groups excluding carboxylic acids is 2. The molecule has 1 aromatic rings. The number of nitrogens with one attached hydrogen (secondary N) is 1. The maximum absolute atomic E-state index is 11.5. The van der Waals surface area contributed by atoms with E-state index in [9.17, 15) is 9.59 Å². The van der Waals surface area contributed by atoms with Gasteiger partial charge < -0.3 is 10.1 Å². The van der Waals surface area contributed by atoms with Gasteiger partial charge in [0, 0.05) is 11.8 Å². The molecular weight excluding hydrogens is 244 g/mol. The molecule has 0 spiro atoms. The molecule has 0 unspecified atom stereocenters. The van der Waals surface area contributed by atoms with E-state index >= 15 is 0 Å². The molecule has 0 fully saturated rings. The van der Waals surface area contributed by atoms with E-state index in [1.165, 1.54) is 6.08 Å². The van der Waals surface area contributed by atoms with Gasteiger partial charge in [0.05, 0.1) is 11.6 Å². The number of nitrogens with zero attached hydrogens (tertiary/aromatic N) is 1. The summed E-state index contributed by atoms with van der Waals surface area (Å²) in [5, 5.41) is 11.2. The Morgan fingerprint density at radius 2 is 2.05 bits per heavy atom. The molecule has 1 N–H and O–H groups in total. The van der Waals surface area contributed by atoms with E-state index in [4.69, 9.17) is 10.00 Å². The first-order valence-corrected chi connectivity index (χ1v) is 5.79. The lowest BCUT2D eigenvalue weighted by atomic mass is 10.2. The van der Waals surface area contributed by atoms with Crippen LogP contribution in [0, 0.1) is 11.3 Å². The molecule has 0 aliphatic carbocycles. The molecule has 0 saturated heterocycles. The number of hydrogen-bond acceptors (Lipinski definition) is 4. The largest absolute Gasteiger partial charge is 0.452 e. The molecule has 0 saturated carbocycles. The molecular formula is C14H14N2O3. The van der Waals surface area contributed by atoms with Crippen molar-refractivity contribution in [3.63, 3.8) is 0 Å². The van der Waals surface area contributed by atoms with Gasteiger partial charge >= 0.3 is 5.97 Å². The van der Waals surface area contributed by atoms with Crippen LogP contribution in [0.15, 0.2) is 36.4 Å². The second-order valence-electron chi connectivity index (χ2n) is 3.66. The average Bonchev–Trinajstić information content (AvgIpc) is 2.43. The number of rotatable bonds is 5. The minimum Gasteiger partial charge on any atom is -0.452 e. The first-order valence-electron chi connectivity index (χ1n) is 5.79. The molecule has 1 rings (SSSR count). The van der Waals surface area contributed by atoms with E-state index in [1.54, 1.807) is 30.3 Å². The molecule has 5 nitrogen and oxygen atoms in total. The number of ether oxygens (including phenoxy) is 1. The van der Waals surface area contributed by atoms with Gasteiger partial charge in [-0.2, -0.15) is 5.26 Å². The van der Waals surface area contributed by atoms with E-state index < -0.39 is 11.9 Å². The van der Waals surface area contributed by atoms with E-state index in [0.29, 0.717) is 11.3 Å². The zero-order valence-electron chi connectivity index (χ0n) is 10.6. The van der Waals surface area contributed by atoms with Crippen LogP contribution >= 0.6 is 0 Å². The number of carbonyl (C=O) groups is 2. The fraction of sp³-hybridized carbons (Fsp3) is 0.214. The Bertz CT molecular complexity index is 512. The van der Waals surface area contributed by atoms with E-state index in [1.807, 2.05) is 13.0 Å². The van der Waals surface area contributed by atoms with Gasteiger partial charge in [-0.15, -0.1) is 0 Å². The van der Waals surface area contributed by atoms with E-state index in [-0.39, 0.29) is 6.61 Å². The van der Waals surface area contributed by atoms with Gasteiger partial charge in [-0.3, -0.25) is 4.79 Å². The highest BCUT2D eigenvalue weighted by Gasteiger charge is 2.05. The number of nitriles is 1. The highest BCUT2D eigenvalue weighted by molar-refractivity contribution is 5.93. The van der Waals surface area contributed by atoms with Crippen molar-refractivity contribution in [2.45, 2.75) is 13.3 Å². The van der Waals surface area contributed by atoms with Crippen molar-refractivity contribution < 1.29 is 14.3 Å². The maximum atomic E-state index is 11.5. The fourth-order valence-electron chi connectivity index (χ4n) is 1.22. The van der Waals surface area contributed by atoms with E-state index in [2.05, 4.69) is 5.32 Å². The Morgan fingerprint density at radius 1 is 1.37 bits per heavy atom. The Balaban J connectivity index is 2.40. The van der Waals surface area contributed by atoms with Gasteiger partial charge in [0.2, 0.25) is 0 Å². The normalized spacial score (nSPS) is 9.89. The lowest BCUT2D eigenvalue weighted by Crippen LogP contribution is -2.20. The minimum atomic E-state index is -0.545. The van der Waals surface area contributed by atoms with Crippen LogP contribution in [-0.4, -0.2) is 18.5 Å². The monoisotopic (exact) mass is 258 g/mol. The molecule has 0 aliphatic heterocycles. The van der Waals surface area contributed by atoms with Crippen LogP contribution < -0.4 is 5.32 Å². The van der Waals surface area contributed by atoms with Gasteiger partial charge in [0.1, 0.15) is 0 Å². The van der Waals surface area contributed by atoms with Crippen molar-refractivity contribution in [3.8, 4) is 6.07 Å². The molecule has 1 aromatic carbocycles. The summed E-state index contributed by atoms with van der Waals surface area (Å²) in [6, 6.07) is 8.37. The lowest BCUT2D eigenvalue weighted by molar-refractivity contribution is -0.142. The SMILES string of the molecule is CC/C=C/C(=O)OCC(=O)Nc1ccc(C#N)cc1. The molecule has 98 valence electrons. The van der Waals surface area contributed by atoms with Crippen molar-refractivity contribution in [1.82, 2.24) is 0 Å². The Morgan fingerprint density at radius 3 is 2.63 bits per heavy atom. The lowest BCUT2D eigenvalue weighted by Gasteiger charge is -2.05.